The highest BCUT2D eigenvalue weighted by Crippen LogP contribution is 2.21. The fourth-order valence-electron chi connectivity index (χ4n) is 1.72. The van der Waals surface area contributed by atoms with Gasteiger partial charge in [0.15, 0.2) is 0 Å². The molecule has 94 valence electrons. The van der Waals surface area contributed by atoms with Crippen LogP contribution >= 0.6 is 27.3 Å². The van der Waals surface area contributed by atoms with E-state index >= 15 is 0 Å². The van der Waals surface area contributed by atoms with Crippen molar-refractivity contribution in [2.75, 3.05) is 7.05 Å². The summed E-state index contributed by atoms with van der Waals surface area (Å²) in [7, 11) is 1.83. The maximum atomic E-state index is 12.3. The molecule has 0 saturated carbocycles. The van der Waals surface area contributed by atoms with Gasteiger partial charge in [0, 0.05) is 16.4 Å². The lowest BCUT2D eigenvalue weighted by molar-refractivity contribution is 0.0785. The zero-order valence-corrected chi connectivity index (χ0v) is 12.7. The number of carbonyl (C=O) groups is 1. The summed E-state index contributed by atoms with van der Waals surface area (Å²) in [6.45, 7) is 2.64. The second-order valence-electron chi connectivity index (χ2n) is 4.22. The summed E-state index contributed by atoms with van der Waals surface area (Å²) in [6, 6.07) is 9.86. The van der Waals surface area contributed by atoms with Crippen molar-refractivity contribution < 1.29 is 4.79 Å². The third-order valence-corrected chi connectivity index (χ3v) is 4.22. The Balaban J connectivity index is 2.17. The largest absolute Gasteiger partial charge is 0.337 e. The predicted octanol–water partition coefficient (Wildman–Crippen LogP) is 4.09. The first kappa shape index (κ1) is 13.3. The first-order valence-electron chi connectivity index (χ1n) is 5.62. The van der Waals surface area contributed by atoms with Gasteiger partial charge in [0.05, 0.1) is 12.1 Å². The Kier molecular flexibility index (Phi) is 4.19. The molecule has 18 heavy (non-hydrogen) atoms. The zero-order valence-electron chi connectivity index (χ0n) is 10.3. The van der Waals surface area contributed by atoms with Gasteiger partial charge in [-0.25, -0.2) is 0 Å². The Hall–Kier alpha value is -1.13. The van der Waals surface area contributed by atoms with Crippen molar-refractivity contribution in [1.82, 2.24) is 4.90 Å². The topological polar surface area (TPSA) is 20.3 Å². The van der Waals surface area contributed by atoms with Gasteiger partial charge >= 0.3 is 0 Å². The molecule has 2 aromatic rings. The number of nitrogens with zero attached hydrogens (tertiary/aromatic N) is 1. The van der Waals surface area contributed by atoms with Crippen molar-refractivity contribution in [2.45, 2.75) is 13.5 Å². The van der Waals surface area contributed by atoms with Gasteiger partial charge in [0.1, 0.15) is 0 Å². The standard InChI is InChI=1S/C14H14BrNOS/c1-10-5-6-13(15)12(8-10)14(17)16(2)9-11-4-3-7-18-11/h3-8H,9H2,1-2H3. The summed E-state index contributed by atoms with van der Waals surface area (Å²) >= 11 is 5.10. The summed E-state index contributed by atoms with van der Waals surface area (Å²) in [5, 5.41) is 2.02. The monoisotopic (exact) mass is 323 g/mol. The summed E-state index contributed by atoms with van der Waals surface area (Å²) in [6.07, 6.45) is 0. The average Bonchev–Trinajstić information content (AvgIpc) is 2.84. The first-order chi connectivity index (χ1) is 8.58. The van der Waals surface area contributed by atoms with Crippen molar-refractivity contribution in [3.8, 4) is 0 Å². The minimum atomic E-state index is 0.0407. The Morgan fingerprint density at radius 1 is 1.39 bits per heavy atom. The maximum Gasteiger partial charge on any atom is 0.255 e. The molecule has 0 saturated heterocycles. The molecule has 0 atom stereocenters. The van der Waals surface area contributed by atoms with Crippen molar-refractivity contribution >= 4 is 33.2 Å². The second-order valence-corrected chi connectivity index (χ2v) is 6.11. The third kappa shape index (κ3) is 3.00. The molecule has 2 rings (SSSR count). The van der Waals surface area contributed by atoms with Crippen LogP contribution in [0.1, 0.15) is 20.8 Å². The van der Waals surface area contributed by atoms with Gasteiger partial charge in [-0.3, -0.25) is 4.79 Å². The second kappa shape index (κ2) is 5.67. The highest BCUT2D eigenvalue weighted by atomic mass is 79.9. The van der Waals surface area contributed by atoms with Gasteiger partial charge in [0.2, 0.25) is 0 Å². The summed E-state index contributed by atoms with van der Waals surface area (Å²) in [4.78, 5) is 15.3. The summed E-state index contributed by atoms with van der Waals surface area (Å²) < 4.78 is 0.844. The van der Waals surface area contributed by atoms with E-state index in [1.165, 1.54) is 4.88 Å². The van der Waals surface area contributed by atoms with E-state index in [0.29, 0.717) is 12.1 Å². The van der Waals surface area contributed by atoms with Crippen LogP contribution in [0.5, 0.6) is 0 Å². The lowest BCUT2D eigenvalue weighted by Gasteiger charge is -2.17. The number of amides is 1. The number of benzene rings is 1. The molecule has 2 nitrogen and oxygen atoms in total. The van der Waals surface area contributed by atoms with E-state index in [-0.39, 0.29) is 5.91 Å². The molecule has 4 heteroatoms. The number of halogens is 1. The molecule has 0 radical (unpaired) electrons. The number of aryl methyl sites for hydroxylation is 1. The summed E-state index contributed by atoms with van der Waals surface area (Å²) in [5.41, 5.74) is 1.81. The smallest absolute Gasteiger partial charge is 0.255 e. The zero-order chi connectivity index (χ0) is 13.1. The van der Waals surface area contributed by atoms with Crippen LogP contribution in [0.25, 0.3) is 0 Å². The van der Waals surface area contributed by atoms with Crippen molar-refractivity contribution in [3.05, 3.63) is 56.2 Å². The highest BCUT2D eigenvalue weighted by molar-refractivity contribution is 9.10. The Morgan fingerprint density at radius 3 is 2.83 bits per heavy atom. The lowest BCUT2D eigenvalue weighted by Crippen LogP contribution is -2.26. The number of hydrogen-bond donors (Lipinski definition) is 0. The molecule has 1 amide bonds. The molecular formula is C14H14BrNOS. The molecule has 0 aliphatic heterocycles. The van der Waals surface area contributed by atoms with E-state index in [4.69, 9.17) is 0 Å². The van der Waals surface area contributed by atoms with Crippen LogP contribution in [0.15, 0.2) is 40.2 Å². The number of carbonyl (C=O) groups excluding carboxylic acids is 1. The predicted molar refractivity (Wildman–Crippen MR) is 79.0 cm³/mol. The van der Waals surface area contributed by atoms with Crippen LogP contribution in [0.2, 0.25) is 0 Å². The van der Waals surface area contributed by atoms with Crippen molar-refractivity contribution in [1.29, 1.82) is 0 Å². The van der Waals surface area contributed by atoms with Gasteiger partial charge in [-0.15, -0.1) is 11.3 Å². The Labute approximate surface area is 119 Å². The molecule has 0 unspecified atom stereocenters. The van der Waals surface area contributed by atoms with E-state index in [1.54, 1.807) is 16.2 Å². The third-order valence-electron chi connectivity index (χ3n) is 2.67. The van der Waals surface area contributed by atoms with Crippen molar-refractivity contribution in [2.24, 2.45) is 0 Å². The summed E-state index contributed by atoms with van der Waals surface area (Å²) in [5.74, 6) is 0.0407. The fraction of sp³-hybridized carbons (Fsp3) is 0.214. The quantitative estimate of drug-likeness (QED) is 0.833. The van der Waals surface area contributed by atoms with Crippen molar-refractivity contribution in [3.63, 3.8) is 0 Å². The van der Waals surface area contributed by atoms with E-state index in [2.05, 4.69) is 15.9 Å². The molecule has 0 aliphatic rings. The molecule has 0 aliphatic carbocycles. The molecular weight excluding hydrogens is 310 g/mol. The molecule has 1 aromatic carbocycles. The number of thiophene rings is 1. The van der Waals surface area contributed by atoms with Gasteiger partial charge in [-0.1, -0.05) is 17.7 Å². The van der Waals surface area contributed by atoms with E-state index in [0.717, 1.165) is 10.0 Å². The molecule has 0 N–H and O–H groups in total. The van der Waals surface area contributed by atoms with Crippen LogP contribution < -0.4 is 0 Å². The van der Waals surface area contributed by atoms with Crippen LogP contribution in [-0.2, 0) is 6.54 Å². The minimum Gasteiger partial charge on any atom is -0.337 e. The Morgan fingerprint density at radius 2 is 2.17 bits per heavy atom. The van der Waals surface area contributed by atoms with E-state index in [9.17, 15) is 4.79 Å². The molecule has 0 bridgehead atoms. The van der Waals surface area contributed by atoms with E-state index < -0.39 is 0 Å². The van der Waals surface area contributed by atoms with Gasteiger partial charge in [0.25, 0.3) is 5.91 Å². The molecule has 1 heterocycles. The first-order valence-corrected chi connectivity index (χ1v) is 7.29. The van der Waals surface area contributed by atoms with Crippen LogP contribution in [0.4, 0.5) is 0 Å². The molecule has 1 aromatic heterocycles. The van der Waals surface area contributed by atoms with Crippen LogP contribution in [0.3, 0.4) is 0 Å². The van der Waals surface area contributed by atoms with Gasteiger partial charge in [-0.05, 0) is 46.4 Å². The van der Waals surface area contributed by atoms with Gasteiger partial charge in [-0.2, -0.15) is 0 Å². The fourth-order valence-corrected chi connectivity index (χ4v) is 2.89. The number of hydrogen-bond acceptors (Lipinski definition) is 2. The molecule has 0 spiro atoms. The minimum absolute atomic E-state index is 0.0407. The Bertz CT molecular complexity index is 551. The van der Waals surface area contributed by atoms with Crippen LogP contribution in [-0.4, -0.2) is 17.9 Å². The highest BCUT2D eigenvalue weighted by Gasteiger charge is 2.15. The van der Waals surface area contributed by atoms with Gasteiger partial charge < -0.3 is 4.90 Å². The van der Waals surface area contributed by atoms with Crippen LogP contribution in [0, 0.1) is 6.92 Å². The molecule has 0 fully saturated rings. The maximum absolute atomic E-state index is 12.3. The average molecular weight is 324 g/mol. The number of rotatable bonds is 3. The van der Waals surface area contributed by atoms with E-state index in [1.807, 2.05) is 49.7 Å². The SMILES string of the molecule is Cc1ccc(Br)c(C(=O)N(C)Cc2cccs2)c1. The normalized spacial score (nSPS) is 10.4. The lowest BCUT2D eigenvalue weighted by atomic mass is 10.1.